The number of hydrogen-bond donors (Lipinski definition) is 0. The maximum Gasteiger partial charge on any atom is 0.227 e. The van der Waals surface area contributed by atoms with Gasteiger partial charge in [0, 0.05) is 25.8 Å². The van der Waals surface area contributed by atoms with Crippen molar-refractivity contribution in [2.24, 2.45) is 0 Å². The summed E-state index contributed by atoms with van der Waals surface area (Å²) < 4.78 is 11.3. The Labute approximate surface area is 126 Å². The maximum absolute atomic E-state index is 5.85. The van der Waals surface area contributed by atoms with E-state index < -0.39 is 0 Å². The Bertz CT molecular complexity index is 488. The van der Waals surface area contributed by atoms with Crippen molar-refractivity contribution >= 4 is 11.8 Å². The van der Waals surface area contributed by atoms with E-state index in [1.54, 1.807) is 0 Å². The van der Waals surface area contributed by atoms with Gasteiger partial charge in [-0.2, -0.15) is 4.98 Å². The third-order valence-corrected chi connectivity index (χ3v) is 4.02. The summed E-state index contributed by atoms with van der Waals surface area (Å²) >= 11 is 0. The minimum absolute atomic E-state index is 0.162. The Morgan fingerprint density at radius 2 is 2.05 bits per heavy atom. The zero-order valence-corrected chi connectivity index (χ0v) is 13.1. The molecule has 0 unspecified atom stereocenters. The van der Waals surface area contributed by atoms with E-state index in [0.29, 0.717) is 6.61 Å². The molecule has 2 fully saturated rings. The fraction of sp³-hybridized carbons (Fsp3) is 0.733. The summed E-state index contributed by atoms with van der Waals surface area (Å²) in [4.78, 5) is 13.7. The first kappa shape index (κ1) is 14.5. The van der Waals surface area contributed by atoms with Crippen LogP contribution in [0.5, 0.6) is 0 Å². The number of ether oxygens (including phenoxy) is 2. The molecule has 0 N–H and O–H groups in total. The van der Waals surface area contributed by atoms with Crippen molar-refractivity contribution in [3.05, 3.63) is 12.3 Å². The second-order valence-corrected chi connectivity index (χ2v) is 6.36. The lowest BCUT2D eigenvalue weighted by Gasteiger charge is -2.42. The predicted octanol–water partition coefficient (Wildman–Crippen LogP) is 1.32. The number of anilines is 2. The van der Waals surface area contributed by atoms with Gasteiger partial charge in [0.2, 0.25) is 5.95 Å². The lowest BCUT2D eigenvalue weighted by molar-refractivity contribution is -0.0426. The smallest absolute Gasteiger partial charge is 0.227 e. The molecule has 2 saturated heterocycles. The zero-order chi connectivity index (χ0) is 14.9. The van der Waals surface area contributed by atoms with Crippen molar-refractivity contribution in [1.82, 2.24) is 9.97 Å². The molecule has 0 bridgehead atoms. The number of rotatable bonds is 2. The number of hydrogen-bond acceptors (Lipinski definition) is 6. The highest BCUT2D eigenvalue weighted by atomic mass is 16.5. The van der Waals surface area contributed by atoms with E-state index in [-0.39, 0.29) is 11.6 Å². The summed E-state index contributed by atoms with van der Waals surface area (Å²) in [6.45, 7) is 11.2. The van der Waals surface area contributed by atoms with Crippen molar-refractivity contribution in [2.45, 2.75) is 32.4 Å². The van der Waals surface area contributed by atoms with Crippen LogP contribution in [0.4, 0.5) is 11.8 Å². The highest BCUT2D eigenvalue weighted by Crippen LogP contribution is 2.25. The van der Waals surface area contributed by atoms with Crippen molar-refractivity contribution in [3.63, 3.8) is 0 Å². The monoisotopic (exact) mass is 292 g/mol. The van der Waals surface area contributed by atoms with Crippen LogP contribution < -0.4 is 9.80 Å². The molecule has 1 atom stereocenters. The summed E-state index contributed by atoms with van der Waals surface area (Å²) in [5.41, 5.74) is -0.162. The van der Waals surface area contributed by atoms with Gasteiger partial charge in [0.1, 0.15) is 5.82 Å². The van der Waals surface area contributed by atoms with E-state index in [1.807, 2.05) is 12.3 Å². The fourth-order valence-corrected chi connectivity index (χ4v) is 2.76. The van der Waals surface area contributed by atoms with Crippen LogP contribution in [-0.2, 0) is 9.47 Å². The summed E-state index contributed by atoms with van der Waals surface area (Å²) in [6.07, 6.45) is 1.85. The summed E-state index contributed by atoms with van der Waals surface area (Å²) in [7, 11) is 0. The van der Waals surface area contributed by atoms with E-state index in [2.05, 4.69) is 35.6 Å². The number of nitrogens with zero attached hydrogens (tertiary/aromatic N) is 4. The lowest BCUT2D eigenvalue weighted by Crippen LogP contribution is -2.53. The standard InChI is InChI=1S/C15H24N4O2/c1-12-10-21-15(2,3)11-19(12)14-16-5-4-13(17-14)18-6-8-20-9-7-18/h4-5,12H,6-11H2,1-3H3/t12-/m0/s1. The van der Waals surface area contributed by atoms with Crippen LogP contribution in [0, 0.1) is 0 Å². The highest BCUT2D eigenvalue weighted by molar-refractivity contribution is 5.45. The Morgan fingerprint density at radius 3 is 2.81 bits per heavy atom. The molecule has 0 spiro atoms. The maximum atomic E-state index is 5.85. The van der Waals surface area contributed by atoms with Gasteiger partial charge in [-0.25, -0.2) is 4.98 Å². The SMILES string of the molecule is C[C@H]1COC(C)(C)CN1c1nccc(N2CCOCC2)n1. The van der Waals surface area contributed by atoms with Gasteiger partial charge in [-0.05, 0) is 26.8 Å². The van der Waals surface area contributed by atoms with E-state index in [4.69, 9.17) is 14.5 Å². The molecule has 2 aliphatic heterocycles. The Hall–Kier alpha value is -1.40. The average Bonchev–Trinajstić information content (AvgIpc) is 2.51. The van der Waals surface area contributed by atoms with E-state index in [9.17, 15) is 0 Å². The molecule has 6 nitrogen and oxygen atoms in total. The van der Waals surface area contributed by atoms with Crippen LogP contribution in [0.2, 0.25) is 0 Å². The van der Waals surface area contributed by atoms with Crippen LogP contribution in [0.1, 0.15) is 20.8 Å². The largest absolute Gasteiger partial charge is 0.378 e. The molecule has 1 aromatic rings. The lowest BCUT2D eigenvalue weighted by atomic mass is 10.1. The predicted molar refractivity (Wildman–Crippen MR) is 81.9 cm³/mol. The highest BCUT2D eigenvalue weighted by Gasteiger charge is 2.33. The molecule has 3 heterocycles. The van der Waals surface area contributed by atoms with Gasteiger partial charge < -0.3 is 19.3 Å². The van der Waals surface area contributed by atoms with Gasteiger partial charge in [-0.15, -0.1) is 0 Å². The molecule has 0 aromatic carbocycles. The normalized spacial score (nSPS) is 26.0. The molecule has 0 saturated carbocycles. The van der Waals surface area contributed by atoms with Crippen LogP contribution in [0.15, 0.2) is 12.3 Å². The first-order chi connectivity index (χ1) is 10.1. The van der Waals surface area contributed by atoms with Crippen LogP contribution in [0.3, 0.4) is 0 Å². The summed E-state index contributed by atoms with van der Waals surface area (Å²) in [5.74, 6) is 1.78. The molecule has 6 heteroatoms. The van der Waals surface area contributed by atoms with E-state index >= 15 is 0 Å². The third-order valence-electron chi connectivity index (χ3n) is 4.02. The molecule has 3 rings (SSSR count). The van der Waals surface area contributed by atoms with Crippen molar-refractivity contribution in [3.8, 4) is 0 Å². The molecular weight excluding hydrogens is 268 g/mol. The first-order valence-corrected chi connectivity index (χ1v) is 7.61. The zero-order valence-electron chi connectivity index (χ0n) is 13.1. The van der Waals surface area contributed by atoms with E-state index in [0.717, 1.165) is 44.6 Å². The van der Waals surface area contributed by atoms with Crippen molar-refractivity contribution < 1.29 is 9.47 Å². The van der Waals surface area contributed by atoms with Gasteiger partial charge in [-0.1, -0.05) is 0 Å². The molecule has 0 radical (unpaired) electrons. The summed E-state index contributed by atoms with van der Waals surface area (Å²) in [6, 6.07) is 2.27. The quantitative estimate of drug-likeness (QED) is 0.819. The fourth-order valence-electron chi connectivity index (χ4n) is 2.76. The minimum atomic E-state index is -0.162. The van der Waals surface area contributed by atoms with Crippen LogP contribution >= 0.6 is 0 Å². The second kappa shape index (κ2) is 5.77. The first-order valence-electron chi connectivity index (χ1n) is 7.61. The Kier molecular flexibility index (Phi) is 3.99. The molecule has 0 aliphatic carbocycles. The Morgan fingerprint density at radius 1 is 1.29 bits per heavy atom. The van der Waals surface area contributed by atoms with Crippen molar-refractivity contribution in [2.75, 3.05) is 49.3 Å². The van der Waals surface area contributed by atoms with Gasteiger partial charge in [0.15, 0.2) is 0 Å². The van der Waals surface area contributed by atoms with Crippen LogP contribution in [0.25, 0.3) is 0 Å². The van der Waals surface area contributed by atoms with Gasteiger partial charge in [-0.3, -0.25) is 0 Å². The minimum Gasteiger partial charge on any atom is -0.378 e. The molecule has 0 amide bonds. The molecule has 21 heavy (non-hydrogen) atoms. The second-order valence-electron chi connectivity index (χ2n) is 6.36. The van der Waals surface area contributed by atoms with Crippen molar-refractivity contribution in [1.29, 1.82) is 0 Å². The Balaban J connectivity index is 1.81. The number of morpholine rings is 2. The van der Waals surface area contributed by atoms with E-state index in [1.165, 1.54) is 0 Å². The average molecular weight is 292 g/mol. The summed E-state index contributed by atoms with van der Waals surface area (Å²) in [5, 5.41) is 0. The molecule has 2 aliphatic rings. The van der Waals surface area contributed by atoms with Gasteiger partial charge in [0.05, 0.1) is 31.5 Å². The number of aromatic nitrogens is 2. The molecular formula is C15H24N4O2. The van der Waals surface area contributed by atoms with Crippen LogP contribution in [-0.4, -0.2) is 61.1 Å². The van der Waals surface area contributed by atoms with Gasteiger partial charge in [0.25, 0.3) is 0 Å². The molecule has 116 valence electrons. The third kappa shape index (κ3) is 3.27. The molecule has 1 aromatic heterocycles. The van der Waals surface area contributed by atoms with Gasteiger partial charge >= 0.3 is 0 Å². The topological polar surface area (TPSA) is 50.7 Å².